The highest BCUT2D eigenvalue weighted by atomic mass is 32.1. The Morgan fingerprint density at radius 1 is 1.50 bits per heavy atom. The highest BCUT2D eigenvalue weighted by Gasteiger charge is 2.34. The highest BCUT2D eigenvalue weighted by Crippen LogP contribution is 2.31. The third kappa shape index (κ3) is 3.80. The molecule has 1 aromatic heterocycles. The first-order valence-electron chi connectivity index (χ1n) is 6.56. The maximum Gasteiger partial charge on any atom is 0.223 e. The van der Waals surface area contributed by atoms with Crippen molar-refractivity contribution in [2.24, 2.45) is 5.41 Å². The molecule has 1 heterocycles. The minimum Gasteiger partial charge on any atom is -0.334 e. The fourth-order valence-corrected chi connectivity index (χ4v) is 2.62. The van der Waals surface area contributed by atoms with Crippen LogP contribution in [0.3, 0.4) is 0 Å². The van der Waals surface area contributed by atoms with Gasteiger partial charge in [0.05, 0.1) is 17.2 Å². The Labute approximate surface area is 113 Å². The first-order chi connectivity index (χ1) is 8.35. The second kappa shape index (κ2) is 5.00. The van der Waals surface area contributed by atoms with Crippen LogP contribution in [-0.4, -0.2) is 21.8 Å². The molecule has 0 N–H and O–H groups in total. The van der Waals surface area contributed by atoms with E-state index in [-0.39, 0.29) is 11.3 Å². The Kier molecular flexibility index (Phi) is 3.76. The predicted molar refractivity (Wildman–Crippen MR) is 74.5 cm³/mol. The Bertz CT molecular complexity index is 429. The molecule has 0 atom stereocenters. The van der Waals surface area contributed by atoms with Gasteiger partial charge in [0.1, 0.15) is 0 Å². The van der Waals surface area contributed by atoms with Crippen molar-refractivity contribution in [3.8, 4) is 0 Å². The summed E-state index contributed by atoms with van der Waals surface area (Å²) in [7, 11) is 0. The zero-order valence-electron chi connectivity index (χ0n) is 11.7. The van der Waals surface area contributed by atoms with Crippen LogP contribution in [0.4, 0.5) is 0 Å². The lowest BCUT2D eigenvalue weighted by atomic mass is 9.91. The average molecular weight is 266 g/mol. The van der Waals surface area contributed by atoms with E-state index in [1.54, 1.807) is 11.3 Å². The van der Waals surface area contributed by atoms with E-state index < -0.39 is 0 Å². The van der Waals surface area contributed by atoms with Crippen molar-refractivity contribution < 1.29 is 4.79 Å². The Balaban J connectivity index is 2.02. The number of amides is 1. The van der Waals surface area contributed by atoms with Crippen LogP contribution in [0.5, 0.6) is 0 Å². The molecule has 0 radical (unpaired) electrons. The van der Waals surface area contributed by atoms with Gasteiger partial charge in [-0.2, -0.15) is 0 Å². The number of carbonyl (C=O) groups excluding carboxylic acids is 1. The number of aromatic nitrogens is 1. The summed E-state index contributed by atoms with van der Waals surface area (Å²) in [4.78, 5) is 18.8. The summed E-state index contributed by atoms with van der Waals surface area (Å²) in [5.41, 5.74) is 1.09. The lowest BCUT2D eigenvalue weighted by Gasteiger charge is -2.26. The minimum atomic E-state index is 0.0578. The van der Waals surface area contributed by atoms with Gasteiger partial charge >= 0.3 is 0 Å². The van der Waals surface area contributed by atoms with Crippen molar-refractivity contribution in [3.05, 3.63) is 16.1 Å². The highest BCUT2D eigenvalue weighted by molar-refractivity contribution is 7.09. The third-order valence-electron chi connectivity index (χ3n) is 2.99. The zero-order valence-corrected chi connectivity index (χ0v) is 12.5. The molecule has 1 aliphatic rings. The van der Waals surface area contributed by atoms with E-state index in [4.69, 9.17) is 0 Å². The van der Waals surface area contributed by atoms with E-state index in [0.29, 0.717) is 19.0 Å². The second-order valence-corrected chi connectivity index (χ2v) is 7.41. The van der Waals surface area contributed by atoms with E-state index in [1.165, 1.54) is 0 Å². The predicted octanol–water partition coefficient (Wildman–Crippen LogP) is 3.38. The molecule has 1 saturated carbocycles. The van der Waals surface area contributed by atoms with Gasteiger partial charge in [-0.05, 0) is 25.2 Å². The van der Waals surface area contributed by atoms with Crippen LogP contribution >= 0.6 is 11.3 Å². The minimum absolute atomic E-state index is 0.0578. The molecule has 0 aliphatic heterocycles. The van der Waals surface area contributed by atoms with Gasteiger partial charge < -0.3 is 4.90 Å². The van der Waals surface area contributed by atoms with E-state index >= 15 is 0 Å². The lowest BCUT2D eigenvalue weighted by molar-refractivity contribution is -0.134. The lowest BCUT2D eigenvalue weighted by Crippen LogP contribution is -2.35. The van der Waals surface area contributed by atoms with Crippen LogP contribution in [0.1, 0.15) is 50.7 Å². The van der Waals surface area contributed by atoms with Crippen LogP contribution in [0.2, 0.25) is 0 Å². The van der Waals surface area contributed by atoms with Gasteiger partial charge in [0.15, 0.2) is 0 Å². The van der Waals surface area contributed by atoms with Crippen molar-refractivity contribution in [3.63, 3.8) is 0 Å². The van der Waals surface area contributed by atoms with Crippen LogP contribution in [0.25, 0.3) is 0 Å². The summed E-state index contributed by atoms with van der Waals surface area (Å²) >= 11 is 1.65. The maximum absolute atomic E-state index is 12.4. The molecule has 1 aromatic rings. The third-order valence-corrected chi connectivity index (χ3v) is 3.81. The molecular weight excluding hydrogens is 244 g/mol. The first kappa shape index (κ1) is 13.5. The van der Waals surface area contributed by atoms with Gasteiger partial charge in [0.2, 0.25) is 5.91 Å². The molecule has 100 valence electrons. The molecule has 18 heavy (non-hydrogen) atoms. The maximum atomic E-state index is 12.4. The van der Waals surface area contributed by atoms with Crippen LogP contribution in [0, 0.1) is 12.3 Å². The number of hydrogen-bond acceptors (Lipinski definition) is 3. The molecule has 4 heteroatoms. The Morgan fingerprint density at radius 2 is 2.17 bits per heavy atom. The average Bonchev–Trinajstić information content (AvgIpc) is 2.97. The number of aryl methyl sites for hydroxylation is 1. The molecule has 2 rings (SSSR count). The fourth-order valence-electron chi connectivity index (χ4n) is 2.02. The quantitative estimate of drug-likeness (QED) is 0.837. The van der Waals surface area contributed by atoms with Crippen molar-refractivity contribution in [2.45, 2.75) is 59.5 Å². The van der Waals surface area contributed by atoms with Crippen molar-refractivity contribution in [1.29, 1.82) is 0 Å². The summed E-state index contributed by atoms with van der Waals surface area (Å²) in [6, 6.07) is 0.460. The number of thiazole rings is 1. The number of rotatable bonds is 4. The number of nitrogens with zero attached hydrogens (tertiary/aromatic N) is 2. The molecular formula is C14H22N2OS. The molecule has 0 saturated heterocycles. The molecule has 1 fully saturated rings. The molecule has 0 spiro atoms. The van der Waals surface area contributed by atoms with Crippen LogP contribution < -0.4 is 0 Å². The molecule has 0 aromatic carbocycles. The smallest absolute Gasteiger partial charge is 0.223 e. The zero-order chi connectivity index (χ0) is 13.3. The Hall–Kier alpha value is -0.900. The van der Waals surface area contributed by atoms with Gasteiger partial charge in [0.25, 0.3) is 0 Å². The largest absolute Gasteiger partial charge is 0.334 e. The molecule has 0 bridgehead atoms. The van der Waals surface area contributed by atoms with E-state index in [0.717, 1.165) is 23.5 Å². The SMILES string of the molecule is Cc1nc(CN(C(=O)CC(C)(C)C)C2CC2)cs1. The van der Waals surface area contributed by atoms with E-state index in [2.05, 4.69) is 31.1 Å². The van der Waals surface area contributed by atoms with Crippen LogP contribution in [0.15, 0.2) is 5.38 Å². The fraction of sp³-hybridized carbons (Fsp3) is 0.714. The van der Waals surface area contributed by atoms with Crippen molar-refractivity contribution in [1.82, 2.24) is 9.88 Å². The summed E-state index contributed by atoms with van der Waals surface area (Å²) in [5.74, 6) is 0.274. The van der Waals surface area contributed by atoms with Crippen molar-refractivity contribution in [2.75, 3.05) is 0 Å². The van der Waals surface area contributed by atoms with Gasteiger partial charge in [-0.15, -0.1) is 11.3 Å². The summed E-state index contributed by atoms with van der Waals surface area (Å²) in [6.07, 6.45) is 2.92. The van der Waals surface area contributed by atoms with Gasteiger partial charge in [0, 0.05) is 17.8 Å². The van der Waals surface area contributed by atoms with E-state index in [9.17, 15) is 4.79 Å². The second-order valence-electron chi connectivity index (χ2n) is 6.35. The topological polar surface area (TPSA) is 33.2 Å². The molecule has 1 amide bonds. The standard InChI is InChI=1S/C14H22N2OS/c1-10-15-11(9-18-10)8-16(12-5-6-12)13(17)7-14(2,3)4/h9,12H,5-8H2,1-4H3. The van der Waals surface area contributed by atoms with Gasteiger partial charge in [-0.1, -0.05) is 20.8 Å². The van der Waals surface area contributed by atoms with Gasteiger partial charge in [-0.25, -0.2) is 4.98 Å². The normalized spacial score (nSPS) is 15.8. The monoisotopic (exact) mass is 266 g/mol. The summed E-state index contributed by atoms with van der Waals surface area (Å²) in [5, 5.41) is 3.14. The summed E-state index contributed by atoms with van der Waals surface area (Å²) < 4.78 is 0. The summed E-state index contributed by atoms with van der Waals surface area (Å²) in [6.45, 7) is 9.03. The number of hydrogen-bond donors (Lipinski definition) is 0. The molecule has 3 nitrogen and oxygen atoms in total. The Morgan fingerprint density at radius 3 is 2.61 bits per heavy atom. The molecule has 0 unspecified atom stereocenters. The molecule has 1 aliphatic carbocycles. The number of carbonyl (C=O) groups is 1. The van der Waals surface area contributed by atoms with E-state index in [1.807, 2.05) is 11.8 Å². The van der Waals surface area contributed by atoms with Gasteiger partial charge in [-0.3, -0.25) is 4.79 Å². The van der Waals surface area contributed by atoms with Crippen LogP contribution in [-0.2, 0) is 11.3 Å². The first-order valence-corrected chi connectivity index (χ1v) is 7.43. The van der Waals surface area contributed by atoms with Crippen molar-refractivity contribution >= 4 is 17.2 Å².